The molecular weight excluding hydrogens is 345 g/mol. The van der Waals surface area contributed by atoms with E-state index in [0.29, 0.717) is 5.56 Å². The van der Waals surface area contributed by atoms with Crippen LogP contribution in [0.2, 0.25) is 5.02 Å². The number of hydrogen-bond acceptors (Lipinski definition) is 2. The minimum Gasteiger partial charge on any atom is -0.497 e. The van der Waals surface area contributed by atoms with E-state index >= 15 is 0 Å². The van der Waals surface area contributed by atoms with Crippen molar-refractivity contribution in [2.45, 2.75) is 6.04 Å². The zero-order valence-corrected chi connectivity index (χ0v) is 13.4. The number of benzene rings is 2. The van der Waals surface area contributed by atoms with Gasteiger partial charge in [-0.1, -0.05) is 45.7 Å². The molecule has 2 nitrogen and oxygen atoms in total. The molecule has 0 bridgehead atoms. The largest absolute Gasteiger partial charge is 0.497 e. The van der Waals surface area contributed by atoms with Gasteiger partial charge >= 0.3 is 0 Å². The van der Waals surface area contributed by atoms with Crippen molar-refractivity contribution in [3.8, 4) is 5.75 Å². The molecule has 0 spiro atoms. The first-order valence-electron chi connectivity index (χ1n) is 6.03. The molecule has 0 aromatic heterocycles. The lowest BCUT2D eigenvalue weighted by molar-refractivity contribution is 0.414. The Bertz CT molecular complexity index is 621. The lowest BCUT2D eigenvalue weighted by Crippen LogP contribution is -2.19. The van der Waals surface area contributed by atoms with Crippen LogP contribution in [0.1, 0.15) is 17.2 Å². The third-order valence-corrected chi connectivity index (χ3v) is 4.08. The molecule has 2 aromatic rings. The van der Waals surface area contributed by atoms with E-state index in [1.165, 1.54) is 6.07 Å². The number of rotatable bonds is 4. The average molecular weight is 359 g/mol. The van der Waals surface area contributed by atoms with Gasteiger partial charge in [0.25, 0.3) is 0 Å². The molecule has 0 heterocycles. The summed E-state index contributed by atoms with van der Waals surface area (Å²) in [6.07, 6.45) is 0. The lowest BCUT2D eigenvalue weighted by atomic mass is 9.98. The molecular formula is C15H14BrClFNO. The summed E-state index contributed by atoms with van der Waals surface area (Å²) in [5, 5.41) is 3.23. The highest BCUT2D eigenvalue weighted by molar-refractivity contribution is 9.10. The van der Waals surface area contributed by atoms with E-state index in [-0.39, 0.29) is 11.1 Å². The van der Waals surface area contributed by atoms with Crippen LogP contribution < -0.4 is 10.1 Å². The van der Waals surface area contributed by atoms with Gasteiger partial charge in [0.05, 0.1) is 18.2 Å². The van der Waals surface area contributed by atoms with Crippen molar-refractivity contribution in [3.63, 3.8) is 0 Å². The van der Waals surface area contributed by atoms with Crippen molar-refractivity contribution in [2.75, 3.05) is 14.2 Å². The molecule has 5 heteroatoms. The summed E-state index contributed by atoms with van der Waals surface area (Å²) in [6, 6.07) is 10.3. The Labute approximate surface area is 131 Å². The fraction of sp³-hybridized carbons (Fsp3) is 0.200. The van der Waals surface area contributed by atoms with Gasteiger partial charge in [-0.3, -0.25) is 0 Å². The number of nitrogens with one attached hydrogen (secondary N) is 1. The van der Waals surface area contributed by atoms with Gasteiger partial charge in [-0.15, -0.1) is 0 Å². The van der Waals surface area contributed by atoms with Gasteiger partial charge in [-0.2, -0.15) is 0 Å². The minimum absolute atomic E-state index is 0.118. The molecule has 0 saturated heterocycles. The number of halogens is 3. The average Bonchev–Trinajstić information content (AvgIpc) is 2.45. The van der Waals surface area contributed by atoms with Crippen LogP contribution in [-0.4, -0.2) is 14.2 Å². The Kier molecular flexibility index (Phi) is 5.02. The topological polar surface area (TPSA) is 21.3 Å². The van der Waals surface area contributed by atoms with Crippen LogP contribution in [0.15, 0.2) is 40.9 Å². The second kappa shape index (κ2) is 6.57. The van der Waals surface area contributed by atoms with Crippen LogP contribution in [-0.2, 0) is 0 Å². The van der Waals surface area contributed by atoms with Gasteiger partial charge in [0.2, 0.25) is 0 Å². The highest BCUT2D eigenvalue weighted by atomic mass is 79.9. The smallest absolute Gasteiger partial charge is 0.146 e. The van der Waals surface area contributed by atoms with E-state index in [9.17, 15) is 4.39 Å². The first-order chi connectivity index (χ1) is 9.58. The third kappa shape index (κ3) is 2.97. The quantitative estimate of drug-likeness (QED) is 0.865. The Morgan fingerprint density at radius 2 is 2.00 bits per heavy atom. The van der Waals surface area contributed by atoms with E-state index in [1.54, 1.807) is 26.3 Å². The molecule has 0 fully saturated rings. The first-order valence-corrected chi connectivity index (χ1v) is 7.20. The molecule has 2 aromatic carbocycles. The molecule has 1 atom stereocenters. The van der Waals surface area contributed by atoms with Crippen LogP contribution in [0.5, 0.6) is 5.75 Å². The van der Waals surface area contributed by atoms with Crippen LogP contribution in [0.3, 0.4) is 0 Å². The monoisotopic (exact) mass is 357 g/mol. The summed E-state index contributed by atoms with van der Waals surface area (Å²) in [5.41, 5.74) is 1.42. The van der Waals surface area contributed by atoms with Crippen LogP contribution in [0.25, 0.3) is 0 Å². The summed E-state index contributed by atoms with van der Waals surface area (Å²) in [6.45, 7) is 0. The summed E-state index contributed by atoms with van der Waals surface area (Å²) in [5.74, 6) is 0.332. The van der Waals surface area contributed by atoms with Crippen molar-refractivity contribution < 1.29 is 9.13 Å². The predicted octanol–water partition coefficient (Wildman–Crippen LogP) is 4.56. The Hall–Kier alpha value is -1.10. The molecule has 0 aliphatic heterocycles. The summed E-state index contributed by atoms with van der Waals surface area (Å²) >= 11 is 9.35. The van der Waals surface area contributed by atoms with Crippen molar-refractivity contribution in [1.82, 2.24) is 5.32 Å². The molecule has 0 aliphatic carbocycles. The Balaban J connectivity index is 2.50. The summed E-state index contributed by atoms with van der Waals surface area (Å²) in [7, 11) is 3.38. The number of hydrogen-bond donors (Lipinski definition) is 1. The van der Waals surface area contributed by atoms with Gasteiger partial charge in [-0.05, 0) is 30.8 Å². The lowest BCUT2D eigenvalue weighted by Gasteiger charge is -2.20. The highest BCUT2D eigenvalue weighted by Crippen LogP contribution is 2.33. The van der Waals surface area contributed by atoms with E-state index in [0.717, 1.165) is 15.8 Å². The van der Waals surface area contributed by atoms with Crippen LogP contribution in [0.4, 0.5) is 4.39 Å². The molecule has 0 saturated carbocycles. The van der Waals surface area contributed by atoms with Crippen molar-refractivity contribution in [2.24, 2.45) is 0 Å². The zero-order chi connectivity index (χ0) is 14.7. The maximum atomic E-state index is 14.2. The van der Waals surface area contributed by atoms with Gasteiger partial charge < -0.3 is 10.1 Å². The SMILES string of the molecule is CNC(c1ccc(OC)cc1Br)c1cccc(Cl)c1F. The van der Waals surface area contributed by atoms with Crippen LogP contribution in [0, 0.1) is 5.82 Å². The number of ether oxygens (including phenoxy) is 1. The Morgan fingerprint density at radius 1 is 1.25 bits per heavy atom. The highest BCUT2D eigenvalue weighted by Gasteiger charge is 2.20. The third-order valence-electron chi connectivity index (χ3n) is 3.10. The minimum atomic E-state index is -0.406. The van der Waals surface area contributed by atoms with E-state index in [4.69, 9.17) is 16.3 Å². The van der Waals surface area contributed by atoms with Crippen molar-refractivity contribution in [3.05, 3.63) is 62.8 Å². The molecule has 2 rings (SSSR count). The van der Waals surface area contributed by atoms with E-state index < -0.39 is 5.82 Å². The van der Waals surface area contributed by atoms with E-state index in [1.807, 2.05) is 18.2 Å². The second-order valence-corrected chi connectivity index (χ2v) is 5.51. The molecule has 1 N–H and O–H groups in total. The second-order valence-electron chi connectivity index (χ2n) is 4.25. The molecule has 106 valence electrons. The van der Waals surface area contributed by atoms with Crippen LogP contribution >= 0.6 is 27.5 Å². The zero-order valence-electron chi connectivity index (χ0n) is 11.1. The summed E-state index contributed by atoms with van der Waals surface area (Å²) < 4.78 is 20.2. The van der Waals surface area contributed by atoms with Gasteiger partial charge in [0.15, 0.2) is 0 Å². The molecule has 0 amide bonds. The van der Waals surface area contributed by atoms with Gasteiger partial charge in [-0.25, -0.2) is 4.39 Å². The standard InChI is InChI=1S/C15H14BrClFNO/c1-19-15(11-4-3-5-13(17)14(11)18)10-7-6-9(20-2)8-12(10)16/h3-8,15,19H,1-2H3. The van der Waals surface area contributed by atoms with E-state index in [2.05, 4.69) is 21.2 Å². The van der Waals surface area contributed by atoms with Crippen molar-refractivity contribution in [1.29, 1.82) is 0 Å². The fourth-order valence-electron chi connectivity index (χ4n) is 2.09. The molecule has 20 heavy (non-hydrogen) atoms. The Morgan fingerprint density at radius 3 is 2.60 bits per heavy atom. The molecule has 0 radical (unpaired) electrons. The first kappa shape index (κ1) is 15.3. The summed E-state index contributed by atoms with van der Waals surface area (Å²) in [4.78, 5) is 0. The maximum absolute atomic E-state index is 14.2. The molecule has 0 aliphatic rings. The van der Waals surface area contributed by atoms with Gasteiger partial charge in [0.1, 0.15) is 11.6 Å². The normalized spacial score (nSPS) is 12.2. The fourth-order valence-corrected chi connectivity index (χ4v) is 2.86. The van der Waals surface area contributed by atoms with Gasteiger partial charge in [0, 0.05) is 10.0 Å². The predicted molar refractivity (Wildman–Crippen MR) is 83.0 cm³/mol. The number of methoxy groups -OCH3 is 1. The molecule has 1 unspecified atom stereocenters. The van der Waals surface area contributed by atoms with Crippen molar-refractivity contribution >= 4 is 27.5 Å². The maximum Gasteiger partial charge on any atom is 0.146 e.